The van der Waals surface area contributed by atoms with Crippen molar-refractivity contribution in [3.8, 4) is 11.5 Å². The third-order valence-electron chi connectivity index (χ3n) is 9.96. The fourth-order valence-electron chi connectivity index (χ4n) is 7.40. The lowest BCUT2D eigenvalue weighted by molar-refractivity contribution is -0.136. The third-order valence-corrected chi connectivity index (χ3v) is 10.6. The van der Waals surface area contributed by atoms with E-state index in [1.807, 2.05) is 30.3 Å². The number of fused-ring (bicyclic) bond motifs is 1. The number of anilines is 1. The number of benzene rings is 4. The Hall–Kier alpha value is -4.93. The molecule has 1 atom stereocenters. The first kappa shape index (κ1) is 33.6. The molecule has 3 aliphatic heterocycles. The van der Waals surface area contributed by atoms with Crippen LogP contribution in [0, 0.1) is 0 Å². The molecule has 2 fully saturated rings. The lowest BCUT2D eigenvalue weighted by Gasteiger charge is -2.36. The van der Waals surface area contributed by atoms with Crippen LogP contribution in [0.2, 0.25) is 0 Å². The highest BCUT2D eigenvalue weighted by molar-refractivity contribution is 9.10. The molecule has 2 saturated heterocycles. The van der Waals surface area contributed by atoms with Crippen molar-refractivity contribution in [3.63, 3.8) is 0 Å². The maximum Gasteiger partial charge on any atom is 0.256 e. The largest absolute Gasteiger partial charge is 0.508 e. The monoisotopic (exact) mass is 734 g/mol. The van der Waals surface area contributed by atoms with Crippen molar-refractivity contribution in [2.75, 3.05) is 31.1 Å². The van der Waals surface area contributed by atoms with Crippen LogP contribution in [0.4, 0.5) is 5.69 Å². The zero-order valence-electron chi connectivity index (χ0n) is 27.9. The number of piperazine rings is 1. The second-order valence-electron chi connectivity index (χ2n) is 13.1. The van der Waals surface area contributed by atoms with Gasteiger partial charge in [0, 0.05) is 55.8 Å². The molecule has 1 unspecified atom stereocenters. The summed E-state index contributed by atoms with van der Waals surface area (Å²) in [7, 11) is 0. The van der Waals surface area contributed by atoms with E-state index in [9.17, 15) is 24.6 Å². The van der Waals surface area contributed by atoms with Crippen LogP contribution in [0.3, 0.4) is 0 Å². The second-order valence-corrected chi connectivity index (χ2v) is 14.0. The van der Waals surface area contributed by atoms with Crippen molar-refractivity contribution in [3.05, 3.63) is 123 Å². The Morgan fingerprint density at radius 1 is 0.820 bits per heavy atom. The molecule has 4 aromatic rings. The zero-order valence-corrected chi connectivity index (χ0v) is 29.4. The summed E-state index contributed by atoms with van der Waals surface area (Å²) >= 11 is 3.63. The normalized spacial score (nSPS) is 18.6. The lowest BCUT2D eigenvalue weighted by Crippen LogP contribution is -2.52. The number of allylic oxidation sites excluding steroid dienone is 1. The number of carbonyl (C=O) groups excluding carboxylic acids is 3. The smallest absolute Gasteiger partial charge is 0.256 e. The average molecular weight is 736 g/mol. The van der Waals surface area contributed by atoms with Gasteiger partial charge in [-0.2, -0.15) is 0 Å². The van der Waals surface area contributed by atoms with E-state index in [0.717, 1.165) is 88.3 Å². The molecule has 0 radical (unpaired) electrons. The summed E-state index contributed by atoms with van der Waals surface area (Å²) in [5, 5.41) is 22.2. The molecule has 50 heavy (non-hydrogen) atoms. The Labute approximate surface area is 300 Å². The van der Waals surface area contributed by atoms with Gasteiger partial charge in [-0.25, -0.2) is 0 Å². The number of nitrogens with zero attached hydrogens (tertiary/aromatic N) is 3. The molecule has 0 aliphatic carbocycles. The van der Waals surface area contributed by atoms with Gasteiger partial charge >= 0.3 is 0 Å². The number of nitrogens with one attached hydrogen (secondary N) is 1. The number of hydrogen-bond donors (Lipinski definition) is 3. The molecule has 0 aromatic heterocycles. The minimum Gasteiger partial charge on any atom is -0.508 e. The van der Waals surface area contributed by atoms with Crippen molar-refractivity contribution in [1.82, 2.24) is 15.1 Å². The van der Waals surface area contributed by atoms with E-state index in [-0.39, 0.29) is 29.7 Å². The predicted octanol–water partition coefficient (Wildman–Crippen LogP) is 6.31. The molecule has 7 rings (SSSR count). The molecular formula is C40H39BrN4O5. The molecule has 0 spiro atoms. The Bertz CT molecular complexity index is 1970. The van der Waals surface area contributed by atoms with Crippen LogP contribution in [0.5, 0.6) is 11.5 Å². The van der Waals surface area contributed by atoms with Crippen molar-refractivity contribution < 1.29 is 24.6 Å². The third kappa shape index (κ3) is 6.78. The quantitative estimate of drug-likeness (QED) is 0.144. The summed E-state index contributed by atoms with van der Waals surface area (Å²) in [6, 6.07) is 26.8. The van der Waals surface area contributed by atoms with E-state index in [1.165, 1.54) is 0 Å². The van der Waals surface area contributed by atoms with Crippen molar-refractivity contribution in [1.29, 1.82) is 0 Å². The first-order valence-corrected chi connectivity index (χ1v) is 17.8. The number of halogens is 1. The van der Waals surface area contributed by atoms with Crippen LogP contribution in [-0.2, 0) is 22.7 Å². The number of phenols is 2. The topological polar surface area (TPSA) is 113 Å². The van der Waals surface area contributed by atoms with E-state index in [0.29, 0.717) is 18.5 Å². The molecule has 3 heterocycles. The highest BCUT2D eigenvalue weighted by Gasteiger charge is 2.40. The molecule has 256 valence electrons. The summed E-state index contributed by atoms with van der Waals surface area (Å²) < 4.78 is 0.737. The van der Waals surface area contributed by atoms with Crippen molar-refractivity contribution in [2.24, 2.45) is 0 Å². The standard InChI is InChI=1S/C40H39BrN4O5/c1-2-33(26-5-11-31(46)12-6-26)37(28-7-13-32(47)14-8-28)27-3-9-30(10-4-27)44-19-17-43(18-20-44)23-25-21-29-24-45(40(50)38(29)34(41)22-25)35-15-16-36(48)42-39(35)49/h3-14,21-22,35,46-47H,2,15-20,23-24H2,1H3,(H,42,48,49). The Balaban J connectivity index is 1.03. The van der Waals surface area contributed by atoms with Crippen LogP contribution in [0.25, 0.3) is 11.1 Å². The van der Waals surface area contributed by atoms with Gasteiger partial charge in [0.1, 0.15) is 17.5 Å². The molecule has 4 aromatic carbocycles. The summed E-state index contributed by atoms with van der Waals surface area (Å²) in [5.74, 6) is -0.416. The van der Waals surface area contributed by atoms with Gasteiger partial charge in [0.05, 0.1) is 5.56 Å². The van der Waals surface area contributed by atoms with Gasteiger partial charge in [-0.15, -0.1) is 0 Å². The lowest BCUT2D eigenvalue weighted by atomic mass is 9.88. The Morgan fingerprint density at radius 3 is 2.02 bits per heavy atom. The van der Waals surface area contributed by atoms with Gasteiger partial charge in [-0.3, -0.25) is 24.6 Å². The molecule has 10 heteroatoms. The molecule has 0 bridgehead atoms. The fraction of sp³-hybridized carbons (Fsp3) is 0.275. The Morgan fingerprint density at radius 2 is 1.42 bits per heavy atom. The molecule has 0 saturated carbocycles. The average Bonchev–Trinajstić information content (AvgIpc) is 3.44. The minimum absolute atomic E-state index is 0.176. The van der Waals surface area contributed by atoms with Gasteiger partial charge in [0.2, 0.25) is 11.8 Å². The summed E-state index contributed by atoms with van der Waals surface area (Å²) in [4.78, 5) is 43.8. The van der Waals surface area contributed by atoms with Gasteiger partial charge < -0.3 is 20.0 Å². The minimum atomic E-state index is -0.631. The van der Waals surface area contributed by atoms with E-state index in [1.54, 1.807) is 29.2 Å². The predicted molar refractivity (Wildman–Crippen MR) is 197 cm³/mol. The van der Waals surface area contributed by atoms with Crippen LogP contribution >= 0.6 is 15.9 Å². The highest BCUT2D eigenvalue weighted by Crippen LogP contribution is 2.37. The number of imide groups is 1. The van der Waals surface area contributed by atoms with Crippen LogP contribution in [0.15, 0.2) is 89.4 Å². The number of hydrogen-bond acceptors (Lipinski definition) is 7. The highest BCUT2D eigenvalue weighted by atomic mass is 79.9. The number of amides is 3. The van der Waals surface area contributed by atoms with Gasteiger partial charge in [0.25, 0.3) is 5.91 Å². The first-order chi connectivity index (χ1) is 24.2. The maximum absolute atomic E-state index is 13.3. The maximum atomic E-state index is 13.3. The van der Waals surface area contributed by atoms with Gasteiger partial charge in [-0.1, -0.05) is 49.4 Å². The molecule has 3 aliphatic rings. The summed E-state index contributed by atoms with van der Waals surface area (Å²) in [6.45, 7) is 6.77. The van der Waals surface area contributed by atoms with Crippen LogP contribution < -0.4 is 10.2 Å². The van der Waals surface area contributed by atoms with E-state index < -0.39 is 11.9 Å². The fourth-order valence-corrected chi connectivity index (χ4v) is 8.12. The van der Waals surface area contributed by atoms with Crippen LogP contribution in [0.1, 0.15) is 64.4 Å². The molecule has 3 amide bonds. The van der Waals surface area contributed by atoms with Gasteiger partial charge in [-0.05, 0) is 110 Å². The van der Waals surface area contributed by atoms with Crippen molar-refractivity contribution >= 4 is 50.5 Å². The van der Waals surface area contributed by atoms with E-state index in [2.05, 4.69) is 68.3 Å². The van der Waals surface area contributed by atoms with Crippen molar-refractivity contribution in [2.45, 2.75) is 45.3 Å². The van der Waals surface area contributed by atoms with Crippen LogP contribution in [-0.4, -0.2) is 70.0 Å². The molecule has 3 N–H and O–H groups in total. The zero-order chi connectivity index (χ0) is 34.9. The van der Waals surface area contributed by atoms with E-state index in [4.69, 9.17) is 0 Å². The number of aromatic hydroxyl groups is 2. The number of piperidine rings is 1. The van der Waals surface area contributed by atoms with Gasteiger partial charge in [0.15, 0.2) is 0 Å². The number of phenolic OH excluding ortho intramolecular Hbond substituents is 2. The summed E-state index contributed by atoms with van der Waals surface area (Å²) in [6.07, 6.45) is 1.37. The Kier molecular flexibility index (Phi) is 9.48. The SMILES string of the molecule is CCC(=C(c1ccc(O)cc1)c1ccc(N2CCN(Cc3cc(Br)c4c(c3)CN(C3CCC(=O)NC3=O)C4=O)CC2)cc1)c1ccc(O)cc1. The summed E-state index contributed by atoms with van der Waals surface area (Å²) in [5.41, 5.74) is 9.17. The first-order valence-electron chi connectivity index (χ1n) is 17.0. The molecular weight excluding hydrogens is 696 g/mol. The number of rotatable bonds is 8. The van der Waals surface area contributed by atoms with E-state index >= 15 is 0 Å². The molecule has 9 nitrogen and oxygen atoms in total. The second kappa shape index (κ2) is 14.1. The number of carbonyl (C=O) groups is 3.